The van der Waals surface area contributed by atoms with Crippen LogP contribution in [0.25, 0.3) is 0 Å². The SMILES string of the molecule is COc1cc(CC(=O)N(C)C(CCO)c2ccccc2)ccc1C. The molecule has 0 heterocycles. The number of methoxy groups -OCH3 is 1. The number of carbonyl (C=O) groups excluding carboxylic acids is 1. The molecular weight excluding hydrogens is 302 g/mol. The van der Waals surface area contributed by atoms with Crippen LogP contribution in [0.2, 0.25) is 0 Å². The topological polar surface area (TPSA) is 49.8 Å². The lowest BCUT2D eigenvalue weighted by atomic mass is 10.0. The van der Waals surface area contributed by atoms with Gasteiger partial charge < -0.3 is 14.7 Å². The van der Waals surface area contributed by atoms with Crippen LogP contribution in [0.3, 0.4) is 0 Å². The van der Waals surface area contributed by atoms with Crippen LogP contribution in [0, 0.1) is 6.92 Å². The van der Waals surface area contributed by atoms with Crippen molar-refractivity contribution in [3.8, 4) is 5.75 Å². The number of hydrogen-bond donors (Lipinski definition) is 1. The Bertz CT molecular complexity index is 670. The zero-order valence-electron chi connectivity index (χ0n) is 14.5. The van der Waals surface area contributed by atoms with Crippen LogP contribution in [-0.2, 0) is 11.2 Å². The average Bonchev–Trinajstić information content (AvgIpc) is 2.61. The number of rotatable bonds is 7. The Morgan fingerprint density at radius 3 is 2.54 bits per heavy atom. The molecule has 2 aromatic rings. The monoisotopic (exact) mass is 327 g/mol. The second kappa shape index (κ2) is 8.50. The molecule has 2 aromatic carbocycles. The van der Waals surface area contributed by atoms with E-state index in [-0.39, 0.29) is 18.6 Å². The summed E-state index contributed by atoms with van der Waals surface area (Å²) in [7, 11) is 3.42. The highest BCUT2D eigenvalue weighted by molar-refractivity contribution is 5.79. The van der Waals surface area contributed by atoms with Gasteiger partial charge in [0.05, 0.1) is 19.6 Å². The van der Waals surface area contributed by atoms with Crippen molar-refractivity contribution in [2.24, 2.45) is 0 Å². The molecule has 1 amide bonds. The molecule has 0 aromatic heterocycles. The van der Waals surface area contributed by atoms with Crippen LogP contribution in [0.15, 0.2) is 48.5 Å². The molecule has 0 radical (unpaired) electrons. The fraction of sp³-hybridized carbons (Fsp3) is 0.350. The molecule has 4 nitrogen and oxygen atoms in total. The molecule has 1 unspecified atom stereocenters. The minimum Gasteiger partial charge on any atom is -0.496 e. The molecule has 0 aliphatic rings. The zero-order chi connectivity index (χ0) is 17.5. The fourth-order valence-corrected chi connectivity index (χ4v) is 2.83. The highest BCUT2D eigenvalue weighted by Gasteiger charge is 2.21. The minimum absolute atomic E-state index is 0.0169. The average molecular weight is 327 g/mol. The Morgan fingerprint density at radius 1 is 1.21 bits per heavy atom. The van der Waals surface area contributed by atoms with E-state index in [0.29, 0.717) is 12.8 Å². The zero-order valence-corrected chi connectivity index (χ0v) is 14.5. The van der Waals surface area contributed by atoms with Gasteiger partial charge >= 0.3 is 0 Å². The lowest BCUT2D eigenvalue weighted by Crippen LogP contribution is -2.33. The first-order chi connectivity index (χ1) is 11.6. The first-order valence-corrected chi connectivity index (χ1v) is 8.11. The Hall–Kier alpha value is -2.33. The first kappa shape index (κ1) is 18.0. The molecule has 0 saturated heterocycles. The summed E-state index contributed by atoms with van der Waals surface area (Å²) >= 11 is 0. The number of benzene rings is 2. The van der Waals surface area contributed by atoms with Crippen molar-refractivity contribution < 1.29 is 14.6 Å². The Labute approximate surface area is 143 Å². The third-order valence-corrected chi connectivity index (χ3v) is 4.28. The minimum atomic E-state index is -0.129. The molecule has 0 aliphatic carbocycles. The van der Waals surface area contributed by atoms with Crippen molar-refractivity contribution >= 4 is 5.91 Å². The number of aryl methyl sites for hydroxylation is 1. The van der Waals surface area contributed by atoms with Gasteiger partial charge in [0.1, 0.15) is 5.75 Å². The van der Waals surface area contributed by atoms with Gasteiger partial charge in [0.2, 0.25) is 5.91 Å². The van der Waals surface area contributed by atoms with Crippen LogP contribution < -0.4 is 4.74 Å². The van der Waals surface area contributed by atoms with Crippen molar-refractivity contribution in [3.05, 3.63) is 65.2 Å². The number of aliphatic hydroxyl groups excluding tert-OH is 1. The van der Waals surface area contributed by atoms with Crippen molar-refractivity contribution in [2.75, 3.05) is 20.8 Å². The summed E-state index contributed by atoms with van der Waals surface area (Å²) < 4.78 is 5.33. The van der Waals surface area contributed by atoms with E-state index in [0.717, 1.165) is 22.4 Å². The van der Waals surface area contributed by atoms with Crippen LogP contribution in [0.1, 0.15) is 29.2 Å². The summed E-state index contributed by atoms with van der Waals surface area (Å²) in [5, 5.41) is 9.36. The molecule has 1 atom stereocenters. The van der Waals surface area contributed by atoms with Gasteiger partial charge in [-0.3, -0.25) is 4.79 Å². The molecule has 1 N–H and O–H groups in total. The number of carbonyl (C=O) groups is 1. The normalized spacial score (nSPS) is 11.8. The molecule has 24 heavy (non-hydrogen) atoms. The summed E-state index contributed by atoms with van der Waals surface area (Å²) in [5.41, 5.74) is 3.00. The number of likely N-dealkylation sites (N-methyl/N-ethyl adjacent to an activating group) is 1. The molecule has 0 saturated carbocycles. The van der Waals surface area contributed by atoms with E-state index >= 15 is 0 Å². The van der Waals surface area contributed by atoms with Crippen LogP contribution >= 0.6 is 0 Å². The van der Waals surface area contributed by atoms with Gasteiger partial charge in [-0.25, -0.2) is 0 Å². The predicted molar refractivity (Wildman–Crippen MR) is 95.1 cm³/mol. The summed E-state index contributed by atoms with van der Waals surface area (Å²) in [6, 6.07) is 15.5. The summed E-state index contributed by atoms with van der Waals surface area (Å²) in [5.74, 6) is 0.807. The third-order valence-electron chi connectivity index (χ3n) is 4.28. The number of hydrogen-bond acceptors (Lipinski definition) is 3. The van der Waals surface area contributed by atoms with Crippen LogP contribution in [-0.4, -0.2) is 36.7 Å². The van der Waals surface area contributed by atoms with Crippen molar-refractivity contribution in [1.29, 1.82) is 0 Å². The maximum atomic E-state index is 12.7. The summed E-state index contributed by atoms with van der Waals surface area (Å²) in [6.07, 6.45) is 0.825. The van der Waals surface area contributed by atoms with E-state index in [1.165, 1.54) is 0 Å². The van der Waals surface area contributed by atoms with Gasteiger partial charge in [-0.05, 0) is 36.1 Å². The van der Waals surface area contributed by atoms with Gasteiger partial charge in [0.25, 0.3) is 0 Å². The third kappa shape index (κ3) is 4.36. The van der Waals surface area contributed by atoms with Gasteiger partial charge in [0.15, 0.2) is 0 Å². The largest absolute Gasteiger partial charge is 0.496 e. The molecule has 128 valence electrons. The number of amides is 1. The highest BCUT2D eigenvalue weighted by Crippen LogP contribution is 2.24. The van der Waals surface area contributed by atoms with E-state index in [1.54, 1.807) is 19.1 Å². The predicted octanol–water partition coefficient (Wildman–Crippen LogP) is 3.13. The summed E-state index contributed by atoms with van der Waals surface area (Å²) in [4.78, 5) is 14.4. The van der Waals surface area contributed by atoms with Crippen molar-refractivity contribution in [3.63, 3.8) is 0 Å². The first-order valence-electron chi connectivity index (χ1n) is 8.11. The molecule has 0 aliphatic heterocycles. The second-order valence-corrected chi connectivity index (χ2v) is 5.92. The Morgan fingerprint density at radius 2 is 1.92 bits per heavy atom. The van der Waals surface area contributed by atoms with Crippen LogP contribution in [0.4, 0.5) is 0 Å². The van der Waals surface area contributed by atoms with Crippen LogP contribution in [0.5, 0.6) is 5.75 Å². The van der Waals surface area contributed by atoms with Gasteiger partial charge in [-0.15, -0.1) is 0 Å². The second-order valence-electron chi connectivity index (χ2n) is 5.92. The van der Waals surface area contributed by atoms with Gasteiger partial charge in [-0.1, -0.05) is 42.5 Å². The quantitative estimate of drug-likeness (QED) is 0.850. The van der Waals surface area contributed by atoms with Gasteiger partial charge in [-0.2, -0.15) is 0 Å². The van der Waals surface area contributed by atoms with E-state index in [9.17, 15) is 9.90 Å². The Balaban J connectivity index is 2.15. The maximum Gasteiger partial charge on any atom is 0.227 e. The number of nitrogens with zero attached hydrogens (tertiary/aromatic N) is 1. The van der Waals surface area contributed by atoms with E-state index in [2.05, 4.69) is 0 Å². The molecule has 0 spiro atoms. The maximum absolute atomic E-state index is 12.7. The fourth-order valence-electron chi connectivity index (χ4n) is 2.83. The molecular formula is C20H25NO3. The number of ether oxygens (including phenoxy) is 1. The van der Waals surface area contributed by atoms with Crippen molar-refractivity contribution in [2.45, 2.75) is 25.8 Å². The summed E-state index contributed by atoms with van der Waals surface area (Å²) in [6.45, 7) is 2.01. The lowest BCUT2D eigenvalue weighted by Gasteiger charge is -2.28. The van der Waals surface area contributed by atoms with Gasteiger partial charge in [0, 0.05) is 13.7 Å². The standard InChI is InChI=1S/C20H25NO3/c1-15-9-10-16(13-19(15)24-3)14-20(23)21(2)18(11-12-22)17-7-5-4-6-8-17/h4-10,13,18,22H,11-12,14H2,1-3H3. The molecule has 0 bridgehead atoms. The molecule has 4 heteroatoms. The van der Waals surface area contributed by atoms with Crippen molar-refractivity contribution in [1.82, 2.24) is 4.90 Å². The highest BCUT2D eigenvalue weighted by atomic mass is 16.5. The molecule has 0 fully saturated rings. The number of aliphatic hydroxyl groups is 1. The Kier molecular flexibility index (Phi) is 6.38. The smallest absolute Gasteiger partial charge is 0.227 e. The van der Waals surface area contributed by atoms with E-state index in [1.807, 2.05) is 55.5 Å². The van der Waals surface area contributed by atoms with E-state index in [4.69, 9.17) is 4.74 Å². The molecule has 2 rings (SSSR count). The van der Waals surface area contributed by atoms with E-state index < -0.39 is 0 Å². The lowest BCUT2D eigenvalue weighted by molar-refractivity contribution is -0.131.